The van der Waals surface area contributed by atoms with Gasteiger partial charge in [0, 0.05) is 33.9 Å². The minimum Gasteiger partial charge on any atom is -0.341 e. The molecule has 1 unspecified atom stereocenters. The van der Waals surface area contributed by atoms with E-state index in [0.29, 0.717) is 17.5 Å². The van der Waals surface area contributed by atoms with Crippen LogP contribution in [0.15, 0.2) is 40.1 Å². The van der Waals surface area contributed by atoms with Crippen molar-refractivity contribution in [3.8, 4) is 12.1 Å². The SMILES string of the molecule is CN(C)C1CCC(C2=C(C#N)C(c3cccc(C#N)c3Br)c3c[nH]nc3N2)CC1. The van der Waals surface area contributed by atoms with Crippen LogP contribution in [0.5, 0.6) is 0 Å². The summed E-state index contributed by atoms with van der Waals surface area (Å²) in [5.41, 5.74) is 4.13. The topological polar surface area (TPSA) is 91.5 Å². The number of aromatic nitrogens is 2. The van der Waals surface area contributed by atoms with Crippen molar-refractivity contribution >= 4 is 21.7 Å². The smallest absolute Gasteiger partial charge is 0.156 e. The number of nitrogens with one attached hydrogen (secondary N) is 2. The summed E-state index contributed by atoms with van der Waals surface area (Å²) < 4.78 is 0.741. The molecule has 2 aliphatic rings. The zero-order valence-corrected chi connectivity index (χ0v) is 18.1. The van der Waals surface area contributed by atoms with Crippen LogP contribution in [0.2, 0.25) is 0 Å². The number of hydrogen-bond acceptors (Lipinski definition) is 5. The van der Waals surface area contributed by atoms with Crippen LogP contribution in [0.1, 0.15) is 48.3 Å². The van der Waals surface area contributed by atoms with E-state index in [9.17, 15) is 10.5 Å². The molecule has 0 amide bonds. The first-order valence-electron chi connectivity index (χ1n) is 9.85. The fraction of sp³-hybridized carbons (Fsp3) is 0.409. The average Bonchev–Trinajstić information content (AvgIpc) is 3.21. The number of benzene rings is 1. The van der Waals surface area contributed by atoms with E-state index in [0.717, 1.165) is 58.4 Å². The number of fused-ring (bicyclic) bond motifs is 1. The van der Waals surface area contributed by atoms with E-state index in [1.165, 1.54) is 0 Å². The molecular formula is C22H23BrN6. The van der Waals surface area contributed by atoms with Gasteiger partial charge in [0.05, 0.1) is 23.1 Å². The first-order chi connectivity index (χ1) is 14.0. The van der Waals surface area contributed by atoms with Gasteiger partial charge in [-0.05, 0) is 67.3 Å². The van der Waals surface area contributed by atoms with Crippen LogP contribution in [0.4, 0.5) is 5.82 Å². The molecule has 0 bridgehead atoms. The molecule has 1 aromatic carbocycles. The number of H-pyrrole nitrogens is 1. The van der Waals surface area contributed by atoms with E-state index < -0.39 is 0 Å². The van der Waals surface area contributed by atoms with E-state index in [2.05, 4.69) is 62.6 Å². The normalized spacial score (nSPS) is 23.9. The molecular weight excluding hydrogens is 428 g/mol. The van der Waals surface area contributed by atoms with Crippen LogP contribution >= 0.6 is 15.9 Å². The molecule has 2 aromatic rings. The number of halogens is 1. The molecule has 1 aliphatic heterocycles. The maximum atomic E-state index is 10.2. The molecule has 7 heteroatoms. The Kier molecular flexibility index (Phi) is 5.45. The third kappa shape index (κ3) is 3.46. The second kappa shape index (κ2) is 8.02. The molecule has 1 atom stereocenters. The lowest BCUT2D eigenvalue weighted by Crippen LogP contribution is -2.34. The van der Waals surface area contributed by atoms with E-state index in [1.807, 2.05) is 18.3 Å². The number of aromatic amines is 1. The molecule has 1 aliphatic carbocycles. The van der Waals surface area contributed by atoms with Gasteiger partial charge >= 0.3 is 0 Å². The van der Waals surface area contributed by atoms with Crippen LogP contribution in [0.3, 0.4) is 0 Å². The molecule has 6 nitrogen and oxygen atoms in total. The second-order valence-electron chi connectivity index (χ2n) is 7.98. The molecule has 1 fully saturated rings. The summed E-state index contributed by atoms with van der Waals surface area (Å²) in [7, 11) is 4.27. The number of allylic oxidation sites excluding steroid dienone is 2. The van der Waals surface area contributed by atoms with Gasteiger partial charge in [0.2, 0.25) is 0 Å². The Labute approximate surface area is 179 Å². The Morgan fingerprint density at radius 1 is 1.10 bits per heavy atom. The second-order valence-corrected chi connectivity index (χ2v) is 8.77. The number of nitriles is 2. The average molecular weight is 451 g/mol. The Hall–Kier alpha value is -2.61. The van der Waals surface area contributed by atoms with Gasteiger partial charge in [0.1, 0.15) is 6.07 Å². The minimum atomic E-state index is -0.251. The van der Waals surface area contributed by atoms with Crippen LogP contribution in [0.25, 0.3) is 0 Å². The third-order valence-corrected chi connectivity index (χ3v) is 7.11. The predicted octanol–water partition coefficient (Wildman–Crippen LogP) is 4.50. The van der Waals surface area contributed by atoms with Crippen LogP contribution in [0, 0.1) is 28.6 Å². The summed E-state index contributed by atoms with van der Waals surface area (Å²) in [6.45, 7) is 0. The first kappa shape index (κ1) is 19.7. The Balaban J connectivity index is 1.79. The lowest BCUT2D eigenvalue weighted by molar-refractivity contribution is 0.205. The highest BCUT2D eigenvalue weighted by Gasteiger charge is 2.36. The van der Waals surface area contributed by atoms with Crippen molar-refractivity contribution in [2.75, 3.05) is 19.4 Å². The Morgan fingerprint density at radius 3 is 2.52 bits per heavy atom. The Morgan fingerprint density at radius 2 is 1.86 bits per heavy atom. The van der Waals surface area contributed by atoms with Gasteiger partial charge in [0.25, 0.3) is 0 Å². The largest absolute Gasteiger partial charge is 0.341 e. The zero-order valence-electron chi connectivity index (χ0n) is 16.5. The quantitative estimate of drug-likeness (QED) is 0.717. The van der Waals surface area contributed by atoms with E-state index in [-0.39, 0.29) is 5.92 Å². The van der Waals surface area contributed by atoms with E-state index in [1.54, 1.807) is 6.07 Å². The molecule has 0 radical (unpaired) electrons. The maximum absolute atomic E-state index is 10.2. The van der Waals surface area contributed by atoms with Gasteiger partial charge in [-0.2, -0.15) is 15.6 Å². The third-order valence-electron chi connectivity index (χ3n) is 6.23. The molecule has 29 heavy (non-hydrogen) atoms. The predicted molar refractivity (Wildman–Crippen MR) is 115 cm³/mol. The summed E-state index contributed by atoms with van der Waals surface area (Å²) in [5, 5.41) is 30.4. The summed E-state index contributed by atoms with van der Waals surface area (Å²) in [4.78, 5) is 2.29. The molecule has 1 aromatic heterocycles. The van der Waals surface area contributed by atoms with Gasteiger partial charge in [-0.25, -0.2) is 0 Å². The number of nitrogens with zero attached hydrogens (tertiary/aromatic N) is 4. The zero-order chi connectivity index (χ0) is 20.5. The first-order valence-corrected chi connectivity index (χ1v) is 10.6. The number of hydrogen-bond donors (Lipinski definition) is 2. The highest BCUT2D eigenvalue weighted by molar-refractivity contribution is 9.10. The molecule has 148 valence electrons. The standard InChI is InChI=1S/C22H23BrN6/c1-29(2)15-8-6-13(7-9-15)21-17(11-25)19(18-12-26-28-22(18)27-21)16-5-3-4-14(10-24)20(16)23/h3-5,12-13,15,19H,6-9H2,1-2H3,(H2,26,27,28). The van der Waals surface area contributed by atoms with Crippen LogP contribution in [-0.4, -0.2) is 35.2 Å². The van der Waals surface area contributed by atoms with Crippen LogP contribution < -0.4 is 5.32 Å². The molecule has 0 spiro atoms. The Bertz CT molecular complexity index is 1030. The van der Waals surface area contributed by atoms with Crippen LogP contribution in [-0.2, 0) is 0 Å². The van der Waals surface area contributed by atoms with Gasteiger partial charge in [-0.3, -0.25) is 5.10 Å². The van der Waals surface area contributed by atoms with Gasteiger partial charge in [-0.15, -0.1) is 0 Å². The van der Waals surface area contributed by atoms with Gasteiger partial charge in [-0.1, -0.05) is 12.1 Å². The number of anilines is 1. The summed E-state index contributed by atoms with van der Waals surface area (Å²) in [6.07, 6.45) is 6.17. The fourth-order valence-electron chi connectivity index (χ4n) is 4.64. The monoisotopic (exact) mass is 450 g/mol. The van der Waals surface area contributed by atoms with Gasteiger partial charge in [0.15, 0.2) is 5.82 Å². The van der Waals surface area contributed by atoms with Gasteiger partial charge < -0.3 is 10.2 Å². The maximum Gasteiger partial charge on any atom is 0.156 e. The van der Waals surface area contributed by atoms with Crippen molar-refractivity contribution < 1.29 is 0 Å². The summed E-state index contributed by atoms with van der Waals surface area (Å²) >= 11 is 3.60. The van der Waals surface area contributed by atoms with Crippen molar-refractivity contribution in [3.63, 3.8) is 0 Å². The van der Waals surface area contributed by atoms with E-state index >= 15 is 0 Å². The fourth-order valence-corrected chi connectivity index (χ4v) is 5.22. The molecule has 4 rings (SSSR count). The van der Waals surface area contributed by atoms with Crippen molar-refractivity contribution in [1.29, 1.82) is 10.5 Å². The van der Waals surface area contributed by atoms with E-state index in [4.69, 9.17) is 0 Å². The van der Waals surface area contributed by atoms with Crippen molar-refractivity contribution in [3.05, 3.63) is 56.8 Å². The molecule has 1 saturated carbocycles. The van der Waals surface area contributed by atoms with Crippen molar-refractivity contribution in [1.82, 2.24) is 15.1 Å². The van der Waals surface area contributed by atoms with Crippen molar-refractivity contribution in [2.45, 2.75) is 37.6 Å². The lowest BCUT2D eigenvalue weighted by atomic mass is 9.76. The summed E-state index contributed by atoms with van der Waals surface area (Å²) in [5.74, 6) is 0.832. The molecule has 0 saturated heterocycles. The minimum absolute atomic E-state index is 0.251. The molecule has 2 heterocycles. The lowest BCUT2D eigenvalue weighted by Gasteiger charge is -2.36. The van der Waals surface area contributed by atoms with Crippen molar-refractivity contribution in [2.24, 2.45) is 5.92 Å². The highest BCUT2D eigenvalue weighted by Crippen LogP contribution is 2.46. The molecule has 2 N–H and O–H groups in total. The highest BCUT2D eigenvalue weighted by atomic mass is 79.9. The number of rotatable bonds is 3. The summed E-state index contributed by atoms with van der Waals surface area (Å²) in [6, 6.07) is 10.9.